The number of furan rings is 1. The van der Waals surface area contributed by atoms with Crippen LogP contribution in [0.5, 0.6) is 0 Å². The summed E-state index contributed by atoms with van der Waals surface area (Å²) in [6, 6.07) is 13.6. The van der Waals surface area contributed by atoms with Gasteiger partial charge in [0, 0.05) is 27.2 Å². The van der Waals surface area contributed by atoms with E-state index in [0.717, 1.165) is 52.2 Å². The SMILES string of the molecule is Cc1cc(/C=N\NC(=O)c2cc3ccccc3o2)c(C)n1-c1sc2c(c1C#N)CCCC2. The lowest BCUT2D eigenvalue weighted by molar-refractivity contribution is 0.0929. The van der Waals surface area contributed by atoms with E-state index in [1.165, 1.54) is 16.9 Å². The highest BCUT2D eigenvalue weighted by Gasteiger charge is 2.23. The first kappa shape index (κ1) is 20.3. The van der Waals surface area contributed by atoms with Crippen LogP contribution < -0.4 is 5.43 Å². The smallest absolute Gasteiger partial charge is 0.307 e. The molecular weight excluding hydrogens is 420 g/mol. The van der Waals surface area contributed by atoms with Crippen LogP contribution in [0.4, 0.5) is 0 Å². The van der Waals surface area contributed by atoms with Crippen LogP contribution in [0.3, 0.4) is 0 Å². The Morgan fingerprint density at radius 3 is 2.88 bits per heavy atom. The van der Waals surface area contributed by atoms with Gasteiger partial charge in [-0.15, -0.1) is 11.3 Å². The van der Waals surface area contributed by atoms with Gasteiger partial charge in [0.2, 0.25) is 0 Å². The fraction of sp³-hybridized carbons (Fsp3) is 0.240. The summed E-state index contributed by atoms with van der Waals surface area (Å²) in [7, 11) is 0. The predicted molar refractivity (Wildman–Crippen MR) is 126 cm³/mol. The van der Waals surface area contributed by atoms with Crippen molar-refractivity contribution in [2.75, 3.05) is 0 Å². The summed E-state index contributed by atoms with van der Waals surface area (Å²) in [6.07, 6.45) is 6.00. The zero-order valence-corrected chi connectivity index (χ0v) is 18.8. The minimum Gasteiger partial charge on any atom is -0.451 e. The largest absolute Gasteiger partial charge is 0.451 e. The second-order valence-corrected chi connectivity index (χ2v) is 9.10. The van der Waals surface area contributed by atoms with Crippen molar-refractivity contribution >= 4 is 34.4 Å². The third-order valence-electron chi connectivity index (χ3n) is 5.96. The van der Waals surface area contributed by atoms with E-state index in [-0.39, 0.29) is 5.76 Å². The van der Waals surface area contributed by atoms with Gasteiger partial charge in [-0.05, 0) is 63.3 Å². The second kappa shape index (κ2) is 8.13. The van der Waals surface area contributed by atoms with Gasteiger partial charge >= 0.3 is 5.91 Å². The molecule has 160 valence electrons. The lowest BCUT2D eigenvalue weighted by Crippen LogP contribution is -2.16. The molecule has 0 aliphatic heterocycles. The number of aryl methyl sites for hydroxylation is 2. The van der Waals surface area contributed by atoms with E-state index in [4.69, 9.17) is 4.42 Å². The van der Waals surface area contributed by atoms with Crippen LogP contribution in [0, 0.1) is 25.2 Å². The van der Waals surface area contributed by atoms with E-state index < -0.39 is 5.91 Å². The second-order valence-electron chi connectivity index (χ2n) is 8.01. The van der Waals surface area contributed by atoms with Crippen LogP contribution >= 0.6 is 11.3 Å². The Bertz CT molecular complexity index is 1380. The van der Waals surface area contributed by atoms with Crippen LogP contribution in [-0.2, 0) is 12.8 Å². The number of nitriles is 1. The van der Waals surface area contributed by atoms with Crippen molar-refractivity contribution in [2.24, 2.45) is 5.10 Å². The maximum absolute atomic E-state index is 12.4. The Morgan fingerprint density at radius 1 is 1.25 bits per heavy atom. The molecule has 0 saturated carbocycles. The number of hydrazone groups is 1. The monoisotopic (exact) mass is 442 g/mol. The molecule has 7 heteroatoms. The summed E-state index contributed by atoms with van der Waals surface area (Å²) in [4.78, 5) is 13.8. The molecule has 0 unspecified atom stereocenters. The van der Waals surface area contributed by atoms with Gasteiger partial charge in [-0.1, -0.05) is 18.2 Å². The molecule has 32 heavy (non-hydrogen) atoms. The Labute approximate surface area is 189 Å². The topological polar surface area (TPSA) is 83.3 Å². The van der Waals surface area contributed by atoms with Crippen molar-refractivity contribution in [1.82, 2.24) is 9.99 Å². The molecule has 1 aromatic carbocycles. The molecule has 0 radical (unpaired) electrons. The minimum atomic E-state index is -0.399. The highest BCUT2D eigenvalue weighted by atomic mass is 32.1. The van der Waals surface area contributed by atoms with Crippen molar-refractivity contribution in [2.45, 2.75) is 39.5 Å². The van der Waals surface area contributed by atoms with E-state index in [0.29, 0.717) is 5.58 Å². The lowest BCUT2D eigenvalue weighted by atomic mass is 9.96. The van der Waals surface area contributed by atoms with Gasteiger partial charge in [-0.2, -0.15) is 10.4 Å². The number of benzene rings is 1. The number of carbonyl (C=O) groups is 1. The number of para-hydroxylation sites is 1. The average Bonchev–Trinajstić information content (AvgIpc) is 3.46. The number of nitrogens with zero attached hydrogens (tertiary/aromatic N) is 3. The Balaban J connectivity index is 1.40. The Morgan fingerprint density at radius 2 is 2.06 bits per heavy atom. The van der Waals surface area contributed by atoms with Gasteiger partial charge in [-0.25, -0.2) is 5.43 Å². The normalized spacial score (nSPS) is 13.4. The number of hydrogen-bond donors (Lipinski definition) is 1. The molecule has 3 aromatic heterocycles. The molecule has 0 bridgehead atoms. The van der Waals surface area contributed by atoms with Crippen LogP contribution in [0.1, 0.15) is 56.4 Å². The number of fused-ring (bicyclic) bond motifs is 2. The fourth-order valence-electron chi connectivity index (χ4n) is 4.36. The molecule has 0 atom stereocenters. The molecule has 1 N–H and O–H groups in total. The molecule has 5 rings (SSSR count). The van der Waals surface area contributed by atoms with Gasteiger partial charge in [0.1, 0.15) is 16.7 Å². The quantitative estimate of drug-likeness (QED) is 0.338. The van der Waals surface area contributed by atoms with Gasteiger partial charge in [0.15, 0.2) is 5.76 Å². The highest BCUT2D eigenvalue weighted by molar-refractivity contribution is 7.15. The number of thiophene rings is 1. The standard InChI is InChI=1S/C25H22N4O2S/c1-15-11-18(14-27-28-24(30)22-12-17-7-3-5-9-21(17)31-22)16(2)29(15)25-20(13-26)19-8-4-6-10-23(19)32-25/h3,5,7,9,11-12,14H,4,6,8,10H2,1-2H3,(H,28,30)/b27-14-. The molecule has 3 heterocycles. The van der Waals surface area contributed by atoms with Crippen LogP contribution in [0.2, 0.25) is 0 Å². The maximum Gasteiger partial charge on any atom is 0.307 e. The zero-order valence-electron chi connectivity index (χ0n) is 17.9. The molecule has 1 amide bonds. The number of rotatable bonds is 4. The molecule has 6 nitrogen and oxygen atoms in total. The first-order valence-corrected chi connectivity index (χ1v) is 11.4. The predicted octanol–water partition coefficient (Wildman–Crippen LogP) is 5.42. The number of hydrogen-bond acceptors (Lipinski definition) is 5. The van der Waals surface area contributed by atoms with E-state index in [9.17, 15) is 10.1 Å². The van der Waals surface area contributed by atoms with E-state index in [1.54, 1.807) is 23.6 Å². The van der Waals surface area contributed by atoms with Crippen molar-refractivity contribution in [3.63, 3.8) is 0 Å². The third kappa shape index (κ3) is 3.43. The summed E-state index contributed by atoms with van der Waals surface area (Å²) in [5.74, 6) is -0.180. The molecule has 0 saturated heterocycles. The van der Waals surface area contributed by atoms with Crippen LogP contribution in [-0.4, -0.2) is 16.7 Å². The van der Waals surface area contributed by atoms with Crippen molar-refractivity contribution in [1.29, 1.82) is 5.26 Å². The number of amides is 1. The van der Waals surface area contributed by atoms with Crippen LogP contribution in [0.25, 0.3) is 16.0 Å². The van der Waals surface area contributed by atoms with Gasteiger partial charge in [0.05, 0.1) is 11.8 Å². The first-order chi connectivity index (χ1) is 15.6. The summed E-state index contributed by atoms with van der Waals surface area (Å²) in [5.41, 5.74) is 8.14. The van der Waals surface area contributed by atoms with E-state index in [2.05, 4.69) is 21.2 Å². The zero-order chi connectivity index (χ0) is 22.2. The fourth-order valence-corrected chi connectivity index (χ4v) is 5.81. The number of aromatic nitrogens is 1. The number of nitrogens with one attached hydrogen (secondary N) is 1. The molecule has 0 fully saturated rings. The van der Waals surface area contributed by atoms with Gasteiger partial charge in [0.25, 0.3) is 0 Å². The lowest BCUT2D eigenvalue weighted by Gasteiger charge is -2.10. The number of carbonyl (C=O) groups excluding carboxylic acids is 1. The first-order valence-electron chi connectivity index (χ1n) is 10.6. The maximum atomic E-state index is 12.4. The molecule has 1 aliphatic carbocycles. The molecule has 4 aromatic rings. The van der Waals surface area contributed by atoms with E-state index >= 15 is 0 Å². The van der Waals surface area contributed by atoms with Crippen molar-refractivity contribution in [3.8, 4) is 11.1 Å². The van der Waals surface area contributed by atoms with Crippen LogP contribution in [0.15, 0.2) is 45.9 Å². The summed E-state index contributed by atoms with van der Waals surface area (Å²) in [5, 5.41) is 15.8. The summed E-state index contributed by atoms with van der Waals surface area (Å²) < 4.78 is 7.71. The summed E-state index contributed by atoms with van der Waals surface area (Å²) >= 11 is 1.72. The van der Waals surface area contributed by atoms with E-state index in [1.807, 2.05) is 44.2 Å². The molecule has 1 aliphatic rings. The van der Waals surface area contributed by atoms with Crippen molar-refractivity contribution in [3.05, 3.63) is 75.1 Å². The third-order valence-corrected chi connectivity index (χ3v) is 7.23. The Kier molecular flexibility index (Phi) is 5.16. The molecular formula is C25H22N4O2S. The van der Waals surface area contributed by atoms with Gasteiger partial charge < -0.3 is 8.98 Å². The highest BCUT2D eigenvalue weighted by Crippen LogP contribution is 2.38. The summed E-state index contributed by atoms with van der Waals surface area (Å²) in [6.45, 7) is 4.03. The minimum absolute atomic E-state index is 0.219. The Hall–Kier alpha value is -3.63. The molecule has 0 spiro atoms. The van der Waals surface area contributed by atoms with Gasteiger partial charge in [-0.3, -0.25) is 4.79 Å². The average molecular weight is 443 g/mol. The van der Waals surface area contributed by atoms with Crippen molar-refractivity contribution < 1.29 is 9.21 Å².